The van der Waals surface area contributed by atoms with Crippen molar-refractivity contribution in [2.75, 3.05) is 13.1 Å². The van der Waals surface area contributed by atoms with Crippen LogP contribution in [-0.4, -0.2) is 41.9 Å². The highest BCUT2D eigenvalue weighted by Crippen LogP contribution is 2.32. The quantitative estimate of drug-likeness (QED) is 0.436. The Hall–Kier alpha value is -3.63. The topological polar surface area (TPSA) is 105 Å². The first-order chi connectivity index (χ1) is 16.9. The number of hydrogen-bond donors (Lipinski definition) is 1. The molecule has 10 heteroatoms. The first-order valence-electron chi connectivity index (χ1n) is 11.2. The van der Waals surface area contributed by atoms with Crippen molar-refractivity contribution in [3.8, 4) is 0 Å². The summed E-state index contributed by atoms with van der Waals surface area (Å²) >= 11 is 0. The standard InChI is InChI=1S/C25H23FN4O4S/c26-20-10-8-17(9-11-20)15-28-25(31)21-14-22(34-29-21)19-6-3-13-30(16-19)35(32,33)23-7-1-4-18-5-2-12-27-24(18)23/h1-2,4-5,7-12,14,19H,3,6,13,15-16H2,(H,28,31). The fraction of sp³-hybridized carbons (Fsp3) is 0.240. The molecule has 1 amide bonds. The summed E-state index contributed by atoms with van der Waals surface area (Å²) in [5.41, 5.74) is 1.30. The second-order valence-electron chi connectivity index (χ2n) is 8.46. The van der Waals surface area contributed by atoms with Gasteiger partial charge in [0.1, 0.15) is 16.5 Å². The van der Waals surface area contributed by atoms with Gasteiger partial charge in [0.25, 0.3) is 5.91 Å². The number of fused-ring (bicyclic) bond motifs is 1. The smallest absolute Gasteiger partial charge is 0.273 e. The second-order valence-corrected chi connectivity index (χ2v) is 10.4. The molecule has 2 aromatic heterocycles. The Morgan fingerprint density at radius 3 is 2.77 bits per heavy atom. The van der Waals surface area contributed by atoms with Gasteiger partial charge >= 0.3 is 0 Å². The normalized spacial score (nSPS) is 16.9. The van der Waals surface area contributed by atoms with Crippen LogP contribution >= 0.6 is 0 Å². The maximum absolute atomic E-state index is 13.5. The number of benzene rings is 2. The summed E-state index contributed by atoms with van der Waals surface area (Å²) in [5.74, 6) is -0.534. The molecule has 1 saturated heterocycles. The Morgan fingerprint density at radius 2 is 1.94 bits per heavy atom. The number of aromatic nitrogens is 2. The number of amides is 1. The molecule has 0 aliphatic carbocycles. The molecule has 0 radical (unpaired) electrons. The Morgan fingerprint density at radius 1 is 1.14 bits per heavy atom. The Bertz CT molecular complexity index is 1470. The summed E-state index contributed by atoms with van der Waals surface area (Å²) in [6, 6.07) is 16.1. The summed E-state index contributed by atoms with van der Waals surface area (Å²) in [5, 5.41) is 7.36. The van der Waals surface area contributed by atoms with Gasteiger partial charge < -0.3 is 9.84 Å². The lowest BCUT2D eigenvalue weighted by molar-refractivity contribution is 0.0941. The average Bonchev–Trinajstić information content (AvgIpc) is 3.38. The van der Waals surface area contributed by atoms with E-state index in [0.717, 1.165) is 10.9 Å². The zero-order valence-corrected chi connectivity index (χ0v) is 19.5. The van der Waals surface area contributed by atoms with E-state index in [9.17, 15) is 17.6 Å². The molecule has 0 bridgehead atoms. The number of carbonyl (C=O) groups is 1. The van der Waals surface area contributed by atoms with Crippen LogP contribution < -0.4 is 5.32 Å². The van der Waals surface area contributed by atoms with Gasteiger partial charge in [0, 0.05) is 43.2 Å². The van der Waals surface area contributed by atoms with Crippen molar-refractivity contribution in [1.82, 2.24) is 19.8 Å². The third-order valence-corrected chi connectivity index (χ3v) is 8.02. The second kappa shape index (κ2) is 9.55. The molecule has 2 aromatic carbocycles. The van der Waals surface area contributed by atoms with Crippen LogP contribution in [0.4, 0.5) is 4.39 Å². The van der Waals surface area contributed by atoms with Gasteiger partial charge in [-0.25, -0.2) is 12.8 Å². The number of para-hydroxylation sites is 1. The lowest BCUT2D eigenvalue weighted by Crippen LogP contribution is -2.39. The van der Waals surface area contributed by atoms with Gasteiger partial charge in [0.2, 0.25) is 10.0 Å². The van der Waals surface area contributed by atoms with Gasteiger partial charge in [-0.2, -0.15) is 4.31 Å². The van der Waals surface area contributed by atoms with E-state index in [1.165, 1.54) is 16.4 Å². The zero-order valence-electron chi connectivity index (χ0n) is 18.7. The van der Waals surface area contributed by atoms with E-state index in [1.807, 2.05) is 12.1 Å². The minimum absolute atomic E-state index is 0.111. The van der Waals surface area contributed by atoms with Crippen molar-refractivity contribution in [1.29, 1.82) is 0 Å². The van der Waals surface area contributed by atoms with Crippen LogP contribution in [0, 0.1) is 5.82 Å². The maximum Gasteiger partial charge on any atom is 0.273 e. The van der Waals surface area contributed by atoms with Gasteiger partial charge in [-0.1, -0.05) is 35.5 Å². The first-order valence-corrected chi connectivity index (χ1v) is 12.7. The van der Waals surface area contributed by atoms with E-state index in [2.05, 4.69) is 15.5 Å². The molecular weight excluding hydrogens is 471 g/mol. The molecule has 1 N–H and O–H groups in total. The number of halogens is 1. The molecule has 35 heavy (non-hydrogen) atoms. The Labute approximate surface area is 201 Å². The molecule has 1 fully saturated rings. The third kappa shape index (κ3) is 4.80. The van der Waals surface area contributed by atoms with Crippen LogP contribution in [0.2, 0.25) is 0 Å². The molecule has 1 aliphatic heterocycles. The van der Waals surface area contributed by atoms with E-state index in [0.29, 0.717) is 30.7 Å². The van der Waals surface area contributed by atoms with Gasteiger partial charge in [0.05, 0.1) is 5.52 Å². The van der Waals surface area contributed by atoms with E-state index in [-0.39, 0.29) is 35.4 Å². The summed E-state index contributed by atoms with van der Waals surface area (Å²) in [7, 11) is -3.78. The minimum atomic E-state index is -3.78. The number of nitrogens with zero attached hydrogens (tertiary/aromatic N) is 3. The van der Waals surface area contributed by atoms with Crippen LogP contribution in [-0.2, 0) is 16.6 Å². The van der Waals surface area contributed by atoms with E-state index in [4.69, 9.17) is 4.52 Å². The van der Waals surface area contributed by atoms with Crippen LogP contribution in [0.25, 0.3) is 10.9 Å². The van der Waals surface area contributed by atoms with Crippen molar-refractivity contribution in [3.05, 3.63) is 89.7 Å². The van der Waals surface area contributed by atoms with Crippen LogP contribution in [0.15, 0.2) is 76.3 Å². The van der Waals surface area contributed by atoms with Crippen LogP contribution in [0.5, 0.6) is 0 Å². The highest BCUT2D eigenvalue weighted by Gasteiger charge is 2.34. The van der Waals surface area contributed by atoms with Gasteiger partial charge in [-0.05, 0) is 42.7 Å². The fourth-order valence-corrected chi connectivity index (χ4v) is 5.97. The minimum Gasteiger partial charge on any atom is -0.360 e. The number of rotatable bonds is 6. The predicted molar refractivity (Wildman–Crippen MR) is 127 cm³/mol. The molecule has 3 heterocycles. The predicted octanol–water partition coefficient (Wildman–Crippen LogP) is 3.86. The summed E-state index contributed by atoms with van der Waals surface area (Å²) in [6.07, 6.45) is 2.94. The molecule has 0 saturated carbocycles. The Kier molecular flexibility index (Phi) is 6.31. The third-order valence-electron chi connectivity index (χ3n) is 6.13. The number of piperidine rings is 1. The fourth-order valence-electron chi connectivity index (χ4n) is 4.28. The summed E-state index contributed by atoms with van der Waals surface area (Å²) in [4.78, 5) is 17.0. The van der Waals surface area contributed by atoms with Gasteiger partial charge in [-0.3, -0.25) is 9.78 Å². The van der Waals surface area contributed by atoms with Crippen LogP contribution in [0.3, 0.4) is 0 Å². The monoisotopic (exact) mass is 494 g/mol. The van der Waals surface area contributed by atoms with Crippen molar-refractivity contribution in [2.45, 2.75) is 30.2 Å². The maximum atomic E-state index is 13.5. The van der Waals surface area contributed by atoms with Crippen molar-refractivity contribution in [3.63, 3.8) is 0 Å². The molecule has 180 valence electrons. The number of sulfonamides is 1. The van der Waals surface area contributed by atoms with Gasteiger partial charge in [-0.15, -0.1) is 0 Å². The van der Waals surface area contributed by atoms with Crippen molar-refractivity contribution < 1.29 is 22.1 Å². The molecular formula is C25H23FN4O4S. The summed E-state index contributed by atoms with van der Waals surface area (Å²) in [6.45, 7) is 0.828. The lowest BCUT2D eigenvalue weighted by atomic mass is 9.97. The van der Waals surface area contributed by atoms with E-state index >= 15 is 0 Å². The number of nitrogens with one attached hydrogen (secondary N) is 1. The largest absolute Gasteiger partial charge is 0.360 e. The Balaban J connectivity index is 1.29. The molecule has 4 aromatic rings. The highest BCUT2D eigenvalue weighted by molar-refractivity contribution is 7.89. The van der Waals surface area contributed by atoms with Crippen molar-refractivity contribution >= 4 is 26.8 Å². The average molecular weight is 495 g/mol. The number of hydrogen-bond acceptors (Lipinski definition) is 6. The van der Waals surface area contributed by atoms with Gasteiger partial charge in [0.15, 0.2) is 5.69 Å². The highest BCUT2D eigenvalue weighted by atomic mass is 32.2. The molecule has 8 nitrogen and oxygen atoms in total. The zero-order chi connectivity index (χ0) is 24.4. The molecule has 1 atom stereocenters. The number of pyridine rings is 1. The molecule has 0 spiro atoms. The molecule has 1 aliphatic rings. The SMILES string of the molecule is O=C(NCc1ccc(F)cc1)c1cc(C2CCCN(S(=O)(=O)c3cccc4cccnc34)C2)on1. The first kappa shape index (κ1) is 23.1. The molecule has 5 rings (SSSR count). The number of carbonyl (C=O) groups excluding carboxylic acids is 1. The molecule has 1 unspecified atom stereocenters. The van der Waals surface area contributed by atoms with Crippen molar-refractivity contribution in [2.24, 2.45) is 0 Å². The summed E-state index contributed by atoms with van der Waals surface area (Å²) < 4.78 is 46.9. The van der Waals surface area contributed by atoms with Crippen LogP contribution in [0.1, 0.15) is 40.6 Å². The van der Waals surface area contributed by atoms with E-state index in [1.54, 1.807) is 42.6 Å². The lowest BCUT2D eigenvalue weighted by Gasteiger charge is -2.30. The van der Waals surface area contributed by atoms with E-state index < -0.39 is 15.9 Å².